The number of hydrogen-bond donors (Lipinski definition) is 0. The van der Waals surface area contributed by atoms with Gasteiger partial charge in [0.05, 0.1) is 6.54 Å². The quantitative estimate of drug-likeness (QED) is 0.767. The maximum atomic E-state index is 12.5. The van der Waals surface area contributed by atoms with Crippen molar-refractivity contribution in [3.05, 3.63) is 36.0 Å². The van der Waals surface area contributed by atoms with Crippen LogP contribution in [-0.2, 0) is 11.2 Å². The van der Waals surface area contributed by atoms with Crippen molar-refractivity contribution in [1.82, 2.24) is 15.0 Å². The molecule has 1 aromatic heterocycles. The molecule has 134 valence electrons. The fourth-order valence-corrected chi connectivity index (χ4v) is 2.80. The molecule has 7 nitrogen and oxygen atoms in total. The van der Waals surface area contributed by atoms with Crippen LogP contribution in [0.5, 0.6) is 11.5 Å². The van der Waals surface area contributed by atoms with Gasteiger partial charge in [-0.2, -0.15) is 4.98 Å². The highest BCUT2D eigenvalue weighted by atomic mass is 16.6. The summed E-state index contributed by atoms with van der Waals surface area (Å²) in [5, 5.41) is 3.75. The van der Waals surface area contributed by atoms with Crippen molar-refractivity contribution in [2.24, 2.45) is 0 Å². The number of hydrogen-bond acceptors (Lipinski definition) is 6. The van der Waals surface area contributed by atoms with Crippen molar-refractivity contribution in [2.45, 2.75) is 39.2 Å². The van der Waals surface area contributed by atoms with Gasteiger partial charge >= 0.3 is 0 Å². The number of aromatic nitrogens is 2. The summed E-state index contributed by atoms with van der Waals surface area (Å²) < 4.78 is 16.7. The van der Waals surface area contributed by atoms with E-state index in [1.165, 1.54) is 0 Å². The van der Waals surface area contributed by atoms with Crippen LogP contribution in [-0.4, -0.2) is 46.7 Å². The normalized spacial score (nSPS) is 15.8. The molecule has 0 bridgehead atoms. The highest BCUT2D eigenvalue weighted by molar-refractivity contribution is 5.76. The topological polar surface area (TPSA) is 77.7 Å². The smallest absolute Gasteiger partial charge is 0.226 e. The molecule has 7 heteroatoms. The van der Waals surface area contributed by atoms with Gasteiger partial charge in [-0.15, -0.1) is 0 Å². The SMILES string of the molecule is CCN(C[C@H]1COc2ccccc2O1)C(=O)CCCc1nc(C)no1. The first-order valence-electron chi connectivity index (χ1n) is 8.61. The lowest BCUT2D eigenvalue weighted by molar-refractivity contribution is -0.132. The van der Waals surface area contributed by atoms with Crippen LogP contribution >= 0.6 is 0 Å². The lowest BCUT2D eigenvalue weighted by Crippen LogP contribution is -2.43. The van der Waals surface area contributed by atoms with Crippen LogP contribution in [0.2, 0.25) is 0 Å². The van der Waals surface area contributed by atoms with Gasteiger partial charge in [0, 0.05) is 19.4 Å². The molecule has 0 radical (unpaired) electrons. The molecule has 0 aliphatic carbocycles. The van der Waals surface area contributed by atoms with Crippen molar-refractivity contribution in [3.63, 3.8) is 0 Å². The summed E-state index contributed by atoms with van der Waals surface area (Å²) in [6.07, 6.45) is 1.58. The molecular formula is C18H23N3O4. The summed E-state index contributed by atoms with van der Waals surface area (Å²) >= 11 is 0. The van der Waals surface area contributed by atoms with Crippen molar-refractivity contribution in [2.75, 3.05) is 19.7 Å². The van der Waals surface area contributed by atoms with Crippen molar-refractivity contribution in [1.29, 1.82) is 0 Å². The van der Waals surface area contributed by atoms with Gasteiger partial charge in [-0.1, -0.05) is 17.3 Å². The van der Waals surface area contributed by atoms with E-state index in [4.69, 9.17) is 14.0 Å². The summed E-state index contributed by atoms with van der Waals surface area (Å²) in [6.45, 7) is 5.35. The molecule has 0 spiro atoms. The molecule has 0 saturated heterocycles. The fraction of sp³-hybridized carbons (Fsp3) is 0.500. The average molecular weight is 345 g/mol. The van der Waals surface area contributed by atoms with E-state index in [-0.39, 0.29) is 12.0 Å². The Hall–Kier alpha value is -2.57. The van der Waals surface area contributed by atoms with Crippen LogP contribution in [0.4, 0.5) is 0 Å². The van der Waals surface area contributed by atoms with Crippen molar-refractivity contribution >= 4 is 5.91 Å². The summed E-state index contributed by atoms with van der Waals surface area (Å²) in [7, 11) is 0. The Labute approximate surface area is 146 Å². The monoisotopic (exact) mass is 345 g/mol. The molecule has 3 rings (SSSR count). The third kappa shape index (κ3) is 4.49. The van der Waals surface area contributed by atoms with E-state index in [1.807, 2.05) is 31.2 Å². The number of carbonyl (C=O) groups is 1. The number of ether oxygens (including phenoxy) is 2. The lowest BCUT2D eigenvalue weighted by Gasteiger charge is -2.31. The van der Waals surface area contributed by atoms with Crippen LogP contribution in [0, 0.1) is 6.92 Å². The fourth-order valence-electron chi connectivity index (χ4n) is 2.80. The van der Waals surface area contributed by atoms with Gasteiger partial charge in [-0.05, 0) is 32.4 Å². The Morgan fingerprint density at radius 1 is 1.32 bits per heavy atom. The van der Waals surface area contributed by atoms with Crippen LogP contribution in [0.1, 0.15) is 31.5 Å². The number of carbonyl (C=O) groups excluding carboxylic acids is 1. The van der Waals surface area contributed by atoms with Crippen LogP contribution < -0.4 is 9.47 Å². The Bertz CT molecular complexity index is 716. The van der Waals surface area contributed by atoms with Gasteiger partial charge in [0.2, 0.25) is 11.8 Å². The second-order valence-electron chi connectivity index (χ2n) is 6.02. The molecule has 1 aromatic carbocycles. The summed E-state index contributed by atoms with van der Waals surface area (Å²) in [5.41, 5.74) is 0. The van der Waals surface area contributed by atoms with Gasteiger partial charge in [0.25, 0.3) is 0 Å². The number of likely N-dealkylation sites (N-methyl/N-ethyl adjacent to an activating group) is 1. The van der Waals surface area contributed by atoms with Gasteiger partial charge in [0.1, 0.15) is 6.61 Å². The van der Waals surface area contributed by atoms with Gasteiger partial charge in [0.15, 0.2) is 23.4 Å². The Kier molecular flexibility index (Phi) is 5.53. The molecule has 0 N–H and O–H groups in total. The molecule has 1 amide bonds. The maximum absolute atomic E-state index is 12.5. The first-order valence-corrected chi connectivity index (χ1v) is 8.61. The van der Waals surface area contributed by atoms with Crippen LogP contribution in [0.15, 0.2) is 28.8 Å². The predicted molar refractivity (Wildman–Crippen MR) is 90.6 cm³/mol. The first kappa shape index (κ1) is 17.3. The summed E-state index contributed by atoms with van der Waals surface area (Å²) in [5.74, 6) is 2.78. The third-order valence-electron chi connectivity index (χ3n) is 4.08. The standard InChI is InChI=1S/C18H23N3O4/c1-3-21(18(22)10-6-9-17-19-13(2)20-25-17)11-14-12-23-15-7-4-5-8-16(15)24-14/h4-5,7-8,14H,3,6,9-12H2,1-2H3/t14-/m0/s1. The number of amides is 1. The zero-order valence-electron chi connectivity index (χ0n) is 14.6. The summed E-state index contributed by atoms with van der Waals surface area (Å²) in [4.78, 5) is 18.4. The molecule has 2 aromatic rings. The second kappa shape index (κ2) is 8.00. The molecule has 1 aliphatic heterocycles. The van der Waals surface area contributed by atoms with E-state index < -0.39 is 0 Å². The van der Waals surface area contributed by atoms with Crippen molar-refractivity contribution in [3.8, 4) is 11.5 Å². The van der Waals surface area contributed by atoms with Crippen LogP contribution in [0.25, 0.3) is 0 Å². The number of benzene rings is 1. The largest absolute Gasteiger partial charge is 0.486 e. The number of fused-ring (bicyclic) bond motifs is 1. The Morgan fingerprint density at radius 3 is 2.84 bits per heavy atom. The van der Waals surface area contributed by atoms with Gasteiger partial charge < -0.3 is 18.9 Å². The molecule has 1 aliphatic rings. The van der Waals surface area contributed by atoms with E-state index in [0.717, 1.165) is 11.5 Å². The number of rotatable bonds is 7. The average Bonchev–Trinajstić information content (AvgIpc) is 3.04. The lowest BCUT2D eigenvalue weighted by atomic mass is 10.2. The minimum atomic E-state index is -0.155. The molecule has 0 unspecified atom stereocenters. The molecule has 0 fully saturated rings. The summed E-state index contributed by atoms with van der Waals surface area (Å²) in [6, 6.07) is 7.58. The highest BCUT2D eigenvalue weighted by Crippen LogP contribution is 2.31. The maximum Gasteiger partial charge on any atom is 0.226 e. The minimum absolute atomic E-state index is 0.0983. The van der Waals surface area contributed by atoms with Crippen LogP contribution in [0.3, 0.4) is 0 Å². The molecular weight excluding hydrogens is 322 g/mol. The van der Waals surface area contributed by atoms with E-state index >= 15 is 0 Å². The zero-order valence-corrected chi connectivity index (χ0v) is 14.6. The number of nitrogens with zero attached hydrogens (tertiary/aromatic N) is 3. The number of aryl methyl sites for hydroxylation is 2. The van der Waals surface area contributed by atoms with Crippen molar-refractivity contribution < 1.29 is 18.8 Å². The highest BCUT2D eigenvalue weighted by Gasteiger charge is 2.24. The Morgan fingerprint density at radius 2 is 2.12 bits per heavy atom. The first-order chi connectivity index (χ1) is 12.2. The van der Waals surface area contributed by atoms with E-state index in [1.54, 1.807) is 11.8 Å². The van der Waals surface area contributed by atoms with E-state index in [2.05, 4.69) is 10.1 Å². The third-order valence-corrected chi connectivity index (χ3v) is 4.08. The molecule has 2 heterocycles. The second-order valence-corrected chi connectivity index (χ2v) is 6.02. The molecule has 1 atom stereocenters. The van der Waals surface area contributed by atoms with Gasteiger partial charge in [-0.3, -0.25) is 4.79 Å². The molecule has 25 heavy (non-hydrogen) atoms. The molecule has 0 saturated carbocycles. The Balaban J connectivity index is 1.47. The van der Waals surface area contributed by atoms with E-state index in [0.29, 0.717) is 50.7 Å². The van der Waals surface area contributed by atoms with E-state index in [9.17, 15) is 4.79 Å². The number of para-hydroxylation sites is 2. The predicted octanol–water partition coefficient (Wildman–Crippen LogP) is 2.39. The minimum Gasteiger partial charge on any atom is -0.486 e. The zero-order chi connectivity index (χ0) is 17.6. The van der Waals surface area contributed by atoms with Gasteiger partial charge in [-0.25, -0.2) is 0 Å².